The van der Waals surface area contributed by atoms with Crippen molar-refractivity contribution in [1.29, 1.82) is 0 Å². The normalized spacial score (nSPS) is 10.2. The largest absolute Gasteiger partial charge is 0.354 e. The van der Waals surface area contributed by atoms with Crippen LogP contribution in [-0.4, -0.2) is 16.5 Å². The first kappa shape index (κ1) is 13.0. The van der Waals surface area contributed by atoms with E-state index in [1.54, 1.807) is 0 Å². The van der Waals surface area contributed by atoms with Crippen molar-refractivity contribution in [3.8, 4) is 0 Å². The maximum absolute atomic E-state index is 13.6. The van der Waals surface area contributed by atoms with Crippen molar-refractivity contribution in [2.75, 3.05) is 17.2 Å². The molecule has 0 saturated carbocycles. The third-order valence-electron chi connectivity index (χ3n) is 2.17. The maximum Gasteiger partial charge on any atom is 0.224 e. The topological polar surface area (TPSA) is 49.8 Å². The fourth-order valence-electron chi connectivity index (χ4n) is 1.40. The smallest absolute Gasteiger partial charge is 0.224 e. The lowest BCUT2D eigenvalue weighted by atomic mass is 10.3. The van der Waals surface area contributed by atoms with Gasteiger partial charge in [0.15, 0.2) is 11.6 Å². The van der Waals surface area contributed by atoms with Gasteiger partial charge in [0, 0.05) is 15.8 Å². The molecule has 6 heteroatoms. The van der Waals surface area contributed by atoms with Crippen molar-refractivity contribution >= 4 is 40.0 Å². The van der Waals surface area contributed by atoms with Gasteiger partial charge in [0.25, 0.3) is 0 Å². The number of rotatable bonds is 4. The predicted molar refractivity (Wildman–Crippen MR) is 78.6 cm³/mol. The fraction of sp³-hybridized carbons (Fsp3) is 0.167. The molecule has 4 nitrogen and oxygen atoms in total. The molecule has 0 aliphatic carbocycles. The van der Waals surface area contributed by atoms with Crippen molar-refractivity contribution in [2.45, 2.75) is 6.92 Å². The van der Waals surface area contributed by atoms with Crippen molar-refractivity contribution in [1.82, 2.24) is 9.97 Å². The summed E-state index contributed by atoms with van der Waals surface area (Å²) in [6, 6.07) is 7.63. The molecule has 94 valence electrons. The molecular weight excluding hydrogens is 346 g/mol. The Kier molecular flexibility index (Phi) is 4.29. The molecule has 0 aliphatic rings. The van der Waals surface area contributed by atoms with E-state index in [0.29, 0.717) is 12.5 Å². The third-order valence-corrected chi connectivity index (χ3v) is 2.84. The van der Waals surface area contributed by atoms with Crippen LogP contribution in [0.25, 0.3) is 0 Å². The minimum absolute atomic E-state index is 0.169. The van der Waals surface area contributed by atoms with Gasteiger partial charge in [-0.3, -0.25) is 0 Å². The number of aromatic nitrogens is 2. The summed E-state index contributed by atoms with van der Waals surface area (Å²) in [6.07, 6.45) is 1.15. The average molecular weight is 358 g/mol. The van der Waals surface area contributed by atoms with E-state index in [9.17, 15) is 4.39 Å². The van der Waals surface area contributed by atoms with Crippen LogP contribution in [0.1, 0.15) is 6.92 Å². The highest BCUT2D eigenvalue weighted by Gasteiger charge is 2.06. The van der Waals surface area contributed by atoms with E-state index in [0.717, 1.165) is 15.5 Å². The highest BCUT2D eigenvalue weighted by Crippen LogP contribution is 2.20. The molecule has 0 saturated heterocycles. The SMILES string of the molecule is CCNc1ncc(F)c(Nc2cccc(I)c2)n1. The Morgan fingerprint density at radius 2 is 2.22 bits per heavy atom. The van der Waals surface area contributed by atoms with E-state index in [4.69, 9.17) is 0 Å². The van der Waals surface area contributed by atoms with Gasteiger partial charge < -0.3 is 10.6 Å². The third kappa shape index (κ3) is 3.28. The predicted octanol–water partition coefficient (Wildman–Crippen LogP) is 3.40. The minimum atomic E-state index is -0.476. The number of hydrogen-bond donors (Lipinski definition) is 2. The van der Waals surface area contributed by atoms with E-state index in [1.165, 1.54) is 0 Å². The molecule has 2 aromatic rings. The molecule has 1 heterocycles. The summed E-state index contributed by atoms with van der Waals surface area (Å²) in [5.41, 5.74) is 0.793. The number of benzene rings is 1. The van der Waals surface area contributed by atoms with Crippen LogP contribution in [0.2, 0.25) is 0 Å². The number of halogens is 2. The van der Waals surface area contributed by atoms with Crippen LogP contribution in [0.3, 0.4) is 0 Å². The molecular formula is C12H12FIN4. The summed E-state index contributed by atoms with van der Waals surface area (Å²) in [6.45, 7) is 2.62. The monoisotopic (exact) mass is 358 g/mol. The second-order valence-electron chi connectivity index (χ2n) is 3.56. The van der Waals surface area contributed by atoms with E-state index in [2.05, 4.69) is 43.2 Å². The molecule has 1 aromatic heterocycles. The zero-order valence-electron chi connectivity index (χ0n) is 9.74. The van der Waals surface area contributed by atoms with Gasteiger partial charge in [0.1, 0.15) is 0 Å². The van der Waals surface area contributed by atoms with Crippen LogP contribution in [0.15, 0.2) is 30.5 Å². The summed E-state index contributed by atoms with van der Waals surface area (Å²) < 4.78 is 14.6. The molecule has 1 aromatic carbocycles. The average Bonchev–Trinajstić information content (AvgIpc) is 2.34. The minimum Gasteiger partial charge on any atom is -0.354 e. The van der Waals surface area contributed by atoms with Gasteiger partial charge in [-0.1, -0.05) is 6.07 Å². The van der Waals surface area contributed by atoms with Crippen molar-refractivity contribution < 1.29 is 4.39 Å². The lowest BCUT2D eigenvalue weighted by Gasteiger charge is -2.08. The van der Waals surface area contributed by atoms with Crippen LogP contribution >= 0.6 is 22.6 Å². The van der Waals surface area contributed by atoms with Gasteiger partial charge in [0.2, 0.25) is 5.95 Å². The number of anilines is 3. The Hall–Kier alpha value is -1.44. The van der Waals surface area contributed by atoms with Gasteiger partial charge in [-0.2, -0.15) is 4.98 Å². The van der Waals surface area contributed by atoms with Crippen LogP contribution in [0.4, 0.5) is 21.8 Å². The molecule has 0 atom stereocenters. The molecule has 0 spiro atoms. The highest BCUT2D eigenvalue weighted by molar-refractivity contribution is 14.1. The van der Waals surface area contributed by atoms with E-state index < -0.39 is 5.82 Å². The quantitative estimate of drug-likeness (QED) is 0.823. The molecule has 0 amide bonds. The summed E-state index contributed by atoms with van der Waals surface area (Å²) >= 11 is 2.20. The Bertz CT molecular complexity index is 547. The van der Waals surface area contributed by atoms with Gasteiger partial charge in [-0.15, -0.1) is 0 Å². The lowest BCUT2D eigenvalue weighted by Crippen LogP contribution is -2.05. The van der Waals surface area contributed by atoms with Crippen LogP contribution in [-0.2, 0) is 0 Å². The van der Waals surface area contributed by atoms with Crippen molar-refractivity contribution in [3.63, 3.8) is 0 Å². The molecule has 18 heavy (non-hydrogen) atoms. The number of hydrogen-bond acceptors (Lipinski definition) is 4. The lowest BCUT2D eigenvalue weighted by molar-refractivity contribution is 0.619. The number of nitrogens with one attached hydrogen (secondary N) is 2. The molecule has 0 fully saturated rings. The second-order valence-corrected chi connectivity index (χ2v) is 4.80. The van der Waals surface area contributed by atoms with Crippen LogP contribution in [0, 0.1) is 9.39 Å². The van der Waals surface area contributed by atoms with Gasteiger partial charge >= 0.3 is 0 Å². The molecule has 0 bridgehead atoms. The first-order valence-corrected chi connectivity index (χ1v) is 6.56. The Labute approximate surface area is 118 Å². The molecule has 0 aliphatic heterocycles. The Balaban J connectivity index is 2.25. The summed E-state index contributed by atoms with van der Waals surface area (Å²) in [5, 5.41) is 5.88. The highest BCUT2D eigenvalue weighted by atomic mass is 127. The Morgan fingerprint density at radius 1 is 1.39 bits per heavy atom. The van der Waals surface area contributed by atoms with Gasteiger partial charge in [0.05, 0.1) is 6.20 Å². The van der Waals surface area contributed by atoms with Crippen LogP contribution < -0.4 is 10.6 Å². The Morgan fingerprint density at radius 3 is 2.94 bits per heavy atom. The standard InChI is InChI=1S/C12H12FIN4/c1-2-15-12-16-7-10(13)11(18-12)17-9-5-3-4-8(14)6-9/h3-7H,2H2,1H3,(H2,15,16,17,18). The van der Waals surface area contributed by atoms with Gasteiger partial charge in [-0.25, -0.2) is 9.37 Å². The summed E-state index contributed by atoms with van der Waals surface area (Å²) in [5.74, 6) is 0.102. The zero-order valence-corrected chi connectivity index (χ0v) is 11.9. The fourth-order valence-corrected chi connectivity index (χ4v) is 1.94. The van der Waals surface area contributed by atoms with Crippen molar-refractivity contribution in [2.24, 2.45) is 0 Å². The molecule has 2 rings (SSSR count). The summed E-state index contributed by atoms with van der Waals surface area (Å²) in [7, 11) is 0. The first-order valence-electron chi connectivity index (χ1n) is 5.48. The second kappa shape index (κ2) is 5.94. The van der Waals surface area contributed by atoms with E-state index >= 15 is 0 Å². The molecule has 0 unspecified atom stereocenters. The van der Waals surface area contributed by atoms with E-state index in [1.807, 2.05) is 31.2 Å². The van der Waals surface area contributed by atoms with Crippen LogP contribution in [0.5, 0.6) is 0 Å². The maximum atomic E-state index is 13.6. The van der Waals surface area contributed by atoms with E-state index in [-0.39, 0.29) is 5.82 Å². The zero-order chi connectivity index (χ0) is 13.0. The molecule has 0 radical (unpaired) electrons. The number of nitrogens with zero attached hydrogens (tertiary/aromatic N) is 2. The molecule has 2 N–H and O–H groups in total. The summed E-state index contributed by atoms with van der Waals surface area (Å²) in [4.78, 5) is 7.93. The first-order chi connectivity index (χ1) is 8.69. The van der Waals surface area contributed by atoms with Gasteiger partial charge in [-0.05, 0) is 47.7 Å². The van der Waals surface area contributed by atoms with Crippen molar-refractivity contribution in [3.05, 3.63) is 39.8 Å².